The average molecular weight is 235 g/mol. The number of nitrogens with zero attached hydrogens (tertiary/aromatic N) is 2. The van der Waals surface area contributed by atoms with Crippen molar-refractivity contribution in [3.05, 3.63) is 23.9 Å². The van der Waals surface area contributed by atoms with Gasteiger partial charge >= 0.3 is 0 Å². The Bertz CT molecular complexity index is 369. The molecule has 1 saturated heterocycles. The Balaban J connectivity index is 2.05. The molecule has 0 spiro atoms. The van der Waals surface area contributed by atoms with E-state index in [9.17, 15) is 5.11 Å². The number of pyridine rings is 1. The van der Waals surface area contributed by atoms with E-state index in [0.717, 1.165) is 30.9 Å². The number of aromatic nitrogens is 1. The van der Waals surface area contributed by atoms with E-state index in [1.807, 2.05) is 32.2 Å². The Morgan fingerprint density at radius 2 is 2.29 bits per heavy atom. The second kappa shape index (κ2) is 4.63. The summed E-state index contributed by atoms with van der Waals surface area (Å²) in [5.41, 5.74) is 5.99. The maximum atomic E-state index is 10.0. The molecule has 1 aromatic heterocycles. The van der Waals surface area contributed by atoms with Crippen LogP contribution in [0.5, 0.6) is 0 Å². The highest BCUT2D eigenvalue weighted by molar-refractivity contribution is 5.40. The lowest BCUT2D eigenvalue weighted by Gasteiger charge is -2.25. The van der Waals surface area contributed by atoms with Crippen LogP contribution in [0, 0.1) is 5.92 Å². The van der Waals surface area contributed by atoms with Crippen LogP contribution in [-0.4, -0.2) is 28.8 Å². The highest BCUT2D eigenvalue weighted by Crippen LogP contribution is 2.29. The summed E-state index contributed by atoms with van der Waals surface area (Å²) < 4.78 is 0. The maximum absolute atomic E-state index is 10.0. The molecule has 3 N–H and O–H groups in total. The Labute approximate surface area is 102 Å². The molecule has 0 amide bonds. The average Bonchev–Trinajstić information content (AvgIpc) is 2.78. The number of aliphatic hydroxyl groups is 1. The molecule has 2 heterocycles. The van der Waals surface area contributed by atoms with Crippen LogP contribution in [0.15, 0.2) is 18.3 Å². The molecule has 94 valence electrons. The van der Waals surface area contributed by atoms with Gasteiger partial charge in [0.1, 0.15) is 5.82 Å². The molecule has 4 heteroatoms. The zero-order valence-corrected chi connectivity index (χ0v) is 10.6. The molecular weight excluding hydrogens is 214 g/mol. The zero-order valence-electron chi connectivity index (χ0n) is 10.6. The molecule has 1 aromatic rings. The van der Waals surface area contributed by atoms with Crippen LogP contribution in [-0.2, 0) is 6.54 Å². The van der Waals surface area contributed by atoms with Crippen molar-refractivity contribution in [3.8, 4) is 0 Å². The van der Waals surface area contributed by atoms with Crippen molar-refractivity contribution in [1.29, 1.82) is 0 Å². The standard InChI is InChI=1S/C13H21N3O/c1-13(2,17)11-5-6-16(9-11)12-4-3-10(7-14)8-15-12/h3-4,8,11,17H,5-7,9,14H2,1-2H3. The smallest absolute Gasteiger partial charge is 0.128 e. The van der Waals surface area contributed by atoms with Crippen molar-refractivity contribution in [2.24, 2.45) is 11.7 Å². The summed E-state index contributed by atoms with van der Waals surface area (Å²) >= 11 is 0. The van der Waals surface area contributed by atoms with Crippen molar-refractivity contribution in [3.63, 3.8) is 0 Å². The van der Waals surface area contributed by atoms with Crippen molar-refractivity contribution in [2.75, 3.05) is 18.0 Å². The minimum absolute atomic E-state index is 0.318. The Hall–Kier alpha value is -1.13. The fourth-order valence-electron chi connectivity index (χ4n) is 2.27. The molecule has 1 unspecified atom stereocenters. The minimum Gasteiger partial charge on any atom is -0.390 e. The monoisotopic (exact) mass is 235 g/mol. The van der Waals surface area contributed by atoms with Gasteiger partial charge in [-0.25, -0.2) is 4.98 Å². The van der Waals surface area contributed by atoms with Gasteiger partial charge in [-0.05, 0) is 31.9 Å². The fourth-order valence-corrected chi connectivity index (χ4v) is 2.27. The van der Waals surface area contributed by atoms with Crippen molar-refractivity contribution in [2.45, 2.75) is 32.4 Å². The van der Waals surface area contributed by atoms with Gasteiger partial charge in [-0.15, -0.1) is 0 Å². The molecule has 17 heavy (non-hydrogen) atoms. The number of nitrogens with two attached hydrogens (primary N) is 1. The first-order valence-electron chi connectivity index (χ1n) is 6.13. The number of hydrogen-bond acceptors (Lipinski definition) is 4. The molecule has 0 aromatic carbocycles. The molecule has 1 aliphatic heterocycles. The zero-order chi connectivity index (χ0) is 12.5. The SMILES string of the molecule is CC(C)(O)C1CCN(c2ccc(CN)cn2)C1. The van der Waals surface area contributed by atoms with Crippen LogP contribution in [0.2, 0.25) is 0 Å². The van der Waals surface area contributed by atoms with Gasteiger partial charge < -0.3 is 15.7 Å². The summed E-state index contributed by atoms with van der Waals surface area (Å²) in [6.07, 6.45) is 2.84. The van der Waals surface area contributed by atoms with Gasteiger partial charge in [0, 0.05) is 31.7 Å². The van der Waals surface area contributed by atoms with Gasteiger partial charge in [0.25, 0.3) is 0 Å². The summed E-state index contributed by atoms with van der Waals surface area (Å²) in [6, 6.07) is 4.02. The molecule has 1 aliphatic rings. The summed E-state index contributed by atoms with van der Waals surface area (Å²) in [6.45, 7) is 6.12. The van der Waals surface area contributed by atoms with E-state index >= 15 is 0 Å². The Morgan fingerprint density at radius 3 is 2.76 bits per heavy atom. The molecule has 0 bridgehead atoms. The van der Waals surface area contributed by atoms with Crippen LogP contribution in [0.3, 0.4) is 0 Å². The quantitative estimate of drug-likeness (QED) is 0.824. The third-order valence-corrected chi connectivity index (χ3v) is 3.56. The highest BCUT2D eigenvalue weighted by atomic mass is 16.3. The number of anilines is 1. The summed E-state index contributed by atoms with van der Waals surface area (Å²) in [4.78, 5) is 6.64. The van der Waals surface area contributed by atoms with Crippen molar-refractivity contribution < 1.29 is 5.11 Å². The minimum atomic E-state index is -0.605. The second-order valence-corrected chi connectivity index (χ2v) is 5.31. The number of hydrogen-bond donors (Lipinski definition) is 2. The number of rotatable bonds is 3. The molecule has 1 fully saturated rings. The molecule has 1 atom stereocenters. The van der Waals surface area contributed by atoms with Gasteiger partial charge in [-0.2, -0.15) is 0 Å². The Kier molecular flexibility index (Phi) is 3.35. The first kappa shape index (κ1) is 12.3. The van der Waals surface area contributed by atoms with Gasteiger partial charge in [0.05, 0.1) is 5.60 Å². The van der Waals surface area contributed by atoms with Crippen molar-refractivity contribution >= 4 is 5.82 Å². The molecule has 0 saturated carbocycles. The maximum Gasteiger partial charge on any atom is 0.128 e. The van der Waals surface area contributed by atoms with Gasteiger partial charge in [0.2, 0.25) is 0 Å². The van der Waals surface area contributed by atoms with E-state index in [4.69, 9.17) is 5.73 Å². The van der Waals surface area contributed by atoms with E-state index in [0.29, 0.717) is 12.5 Å². The van der Waals surface area contributed by atoms with Crippen LogP contribution < -0.4 is 10.6 Å². The second-order valence-electron chi connectivity index (χ2n) is 5.31. The molecule has 0 radical (unpaired) electrons. The van der Waals surface area contributed by atoms with E-state index in [1.54, 1.807) is 0 Å². The summed E-state index contributed by atoms with van der Waals surface area (Å²) in [7, 11) is 0. The van der Waals surface area contributed by atoms with Gasteiger partial charge in [-0.3, -0.25) is 0 Å². The predicted octanol–water partition coefficient (Wildman–Crippen LogP) is 1.14. The van der Waals surface area contributed by atoms with Crippen molar-refractivity contribution in [1.82, 2.24) is 4.98 Å². The van der Waals surface area contributed by atoms with Crippen LogP contribution in [0.1, 0.15) is 25.8 Å². The molecular formula is C13H21N3O. The fraction of sp³-hybridized carbons (Fsp3) is 0.615. The molecule has 0 aliphatic carbocycles. The third-order valence-electron chi connectivity index (χ3n) is 3.56. The Morgan fingerprint density at radius 1 is 1.53 bits per heavy atom. The first-order valence-corrected chi connectivity index (χ1v) is 6.13. The molecule has 2 rings (SSSR count). The van der Waals surface area contributed by atoms with Crippen LogP contribution >= 0.6 is 0 Å². The lowest BCUT2D eigenvalue weighted by Crippen LogP contribution is -2.33. The van der Waals surface area contributed by atoms with E-state index in [2.05, 4.69) is 9.88 Å². The summed E-state index contributed by atoms with van der Waals surface area (Å²) in [5, 5.41) is 10.0. The topological polar surface area (TPSA) is 62.4 Å². The largest absolute Gasteiger partial charge is 0.390 e. The van der Waals surface area contributed by atoms with Crippen LogP contribution in [0.25, 0.3) is 0 Å². The third kappa shape index (κ3) is 2.76. The lowest BCUT2D eigenvalue weighted by atomic mass is 9.90. The van der Waals surface area contributed by atoms with E-state index in [1.165, 1.54) is 0 Å². The lowest BCUT2D eigenvalue weighted by molar-refractivity contribution is 0.0263. The van der Waals surface area contributed by atoms with Gasteiger partial charge in [0.15, 0.2) is 0 Å². The molecule has 4 nitrogen and oxygen atoms in total. The van der Waals surface area contributed by atoms with Crippen LogP contribution in [0.4, 0.5) is 5.82 Å². The van der Waals surface area contributed by atoms with Gasteiger partial charge in [-0.1, -0.05) is 6.07 Å². The normalized spacial score (nSPS) is 20.9. The predicted molar refractivity (Wildman–Crippen MR) is 68.7 cm³/mol. The first-order chi connectivity index (χ1) is 8.00. The summed E-state index contributed by atoms with van der Waals surface area (Å²) in [5.74, 6) is 1.30. The van der Waals surface area contributed by atoms with E-state index in [-0.39, 0.29) is 0 Å². The highest BCUT2D eigenvalue weighted by Gasteiger charge is 2.33. The van der Waals surface area contributed by atoms with E-state index < -0.39 is 5.60 Å².